The fourth-order valence-electron chi connectivity index (χ4n) is 2.75. The fraction of sp³-hybridized carbons (Fsp3) is 0.278. The molecule has 0 aliphatic carbocycles. The van der Waals surface area contributed by atoms with Crippen LogP contribution in [0.3, 0.4) is 0 Å². The van der Waals surface area contributed by atoms with E-state index in [1.54, 1.807) is 23.1 Å². The van der Waals surface area contributed by atoms with E-state index in [0.29, 0.717) is 16.5 Å². The molecule has 2 aromatic carbocycles. The van der Waals surface area contributed by atoms with Gasteiger partial charge in [-0.3, -0.25) is 14.9 Å². The van der Waals surface area contributed by atoms with Crippen LogP contribution in [-0.2, 0) is 11.3 Å². The van der Waals surface area contributed by atoms with Crippen LogP contribution in [0.2, 0.25) is 5.02 Å². The van der Waals surface area contributed by atoms with Gasteiger partial charge in [0.2, 0.25) is 0 Å². The molecule has 0 N–H and O–H groups in total. The number of carbonyl (C=O) groups excluding carboxylic acids is 1. The zero-order valence-corrected chi connectivity index (χ0v) is 14.6. The molecular formula is C18H17ClN2O4. The number of nitrogens with zero attached hydrogens (tertiary/aromatic N) is 2. The van der Waals surface area contributed by atoms with Gasteiger partial charge in [0.05, 0.1) is 17.2 Å². The summed E-state index contributed by atoms with van der Waals surface area (Å²) in [5.41, 5.74) is 1.20. The van der Waals surface area contributed by atoms with Crippen LogP contribution in [0.5, 0.6) is 5.75 Å². The summed E-state index contributed by atoms with van der Waals surface area (Å²) < 4.78 is 5.79. The van der Waals surface area contributed by atoms with Gasteiger partial charge in [0.15, 0.2) is 6.10 Å². The van der Waals surface area contributed by atoms with E-state index < -0.39 is 11.0 Å². The molecule has 1 heterocycles. The van der Waals surface area contributed by atoms with Crippen LogP contribution in [0.4, 0.5) is 11.4 Å². The zero-order valence-electron chi connectivity index (χ0n) is 13.8. The third-order valence-corrected chi connectivity index (χ3v) is 4.32. The van der Waals surface area contributed by atoms with Gasteiger partial charge < -0.3 is 9.64 Å². The van der Waals surface area contributed by atoms with Crippen molar-refractivity contribution in [1.29, 1.82) is 0 Å². The van der Waals surface area contributed by atoms with Gasteiger partial charge in [-0.25, -0.2) is 0 Å². The second-order valence-corrected chi connectivity index (χ2v) is 6.68. The second-order valence-electron chi connectivity index (χ2n) is 6.24. The van der Waals surface area contributed by atoms with Gasteiger partial charge in [-0.05, 0) is 29.7 Å². The summed E-state index contributed by atoms with van der Waals surface area (Å²) in [4.78, 5) is 25.0. The largest absolute Gasteiger partial charge is 0.478 e. The van der Waals surface area contributed by atoms with E-state index >= 15 is 0 Å². The van der Waals surface area contributed by atoms with Crippen LogP contribution < -0.4 is 9.64 Å². The molecule has 1 amide bonds. The summed E-state index contributed by atoms with van der Waals surface area (Å²) >= 11 is 5.91. The van der Waals surface area contributed by atoms with Gasteiger partial charge in [-0.15, -0.1) is 0 Å². The number of fused-ring (bicyclic) bond motifs is 1. The molecule has 7 heteroatoms. The van der Waals surface area contributed by atoms with Crippen molar-refractivity contribution in [3.63, 3.8) is 0 Å². The molecule has 0 fully saturated rings. The Hall–Kier alpha value is -2.60. The minimum Gasteiger partial charge on any atom is -0.478 e. The molecular weight excluding hydrogens is 344 g/mol. The van der Waals surface area contributed by atoms with Crippen molar-refractivity contribution in [2.75, 3.05) is 4.90 Å². The van der Waals surface area contributed by atoms with Crippen LogP contribution in [0.15, 0.2) is 42.5 Å². The van der Waals surface area contributed by atoms with Gasteiger partial charge in [0.25, 0.3) is 11.6 Å². The van der Waals surface area contributed by atoms with E-state index in [0.717, 1.165) is 5.56 Å². The second kappa shape index (κ2) is 6.72. The molecule has 0 aromatic heterocycles. The molecule has 1 aliphatic rings. The molecule has 3 rings (SSSR count). The molecule has 25 heavy (non-hydrogen) atoms. The molecule has 2 aromatic rings. The first-order chi connectivity index (χ1) is 11.9. The Morgan fingerprint density at radius 2 is 1.92 bits per heavy atom. The van der Waals surface area contributed by atoms with E-state index in [1.807, 2.05) is 26.0 Å². The van der Waals surface area contributed by atoms with Gasteiger partial charge in [0, 0.05) is 17.2 Å². The molecule has 1 unspecified atom stereocenters. The number of halogens is 1. The van der Waals surface area contributed by atoms with Crippen molar-refractivity contribution in [2.24, 2.45) is 5.92 Å². The van der Waals surface area contributed by atoms with Crippen LogP contribution >= 0.6 is 11.6 Å². The van der Waals surface area contributed by atoms with Gasteiger partial charge in [-0.1, -0.05) is 37.6 Å². The van der Waals surface area contributed by atoms with E-state index in [1.165, 1.54) is 12.1 Å². The lowest BCUT2D eigenvalue weighted by atomic mass is 10.0. The predicted molar refractivity (Wildman–Crippen MR) is 95.0 cm³/mol. The Morgan fingerprint density at radius 1 is 1.24 bits per heavy atom. The van der Waals surface area contributed by atoms with Crippen molar-refractivity contribution in [1.82, 2.24) is 0 Å². The standard InChI is InChI=1S/C18H17ClN2O4/c1-11(2)17-18(22)20(10-12-3-5-13(19)6-4-12)15-9-14(21(23)24)7-8-16(15)25-17/h3-9,11,17H,10H2,1-2H3. The highest BCUT2D eigenvalue weighted by Gasteiger charge is 2.37. The van der Waals surface area contributed by atoms with Crippen LogP contribution in [-0.4, -0.2) is 16.9 Å². The minimum absolute atomic E-state index is 0.0245. The number of hydrogen-bond acceptors (Lipinski definition) is 4. The number of amides is 1. The maximum atomic E-state index is 12.9. The maximum absolute atomic E-state index is 12.9. The van der Waals surface area contributed by atoms with E-state index in [4.69, 9.17) is 16.3 Å². The molecule has 1 atom stereocenters. The quantitative estimate of drug-likeness (QED) is 0.605. The fourth-order valence-corrected chi connectivity index (χ4v) is 2.87. The van der Waals surface area contributed by atoms with Crippen LogP contribution in [0.1, 0.15) is 19.4 Å². The minimum atomic E-state index is -0.624. The molecule has 0 saturated heterocycles. The first-order valence-corrected chi connectivity index (χ1v) is 8.25. The Kier molecular flexibility index (Phi) is 4.63. The SMILES string of the molecule is CC(C)C1Oc2ccc([N+](=O)[O-])cc2N(Cc2ccc(Cl)cc2)C1=O. The monoisotopic (exact) mass is 360 g/mol. The molecule has 6 nitrogen and oxygen atoms in total. The number of rotatable bonds is 4. The number of carbonyl (C=O) groups is 1. The molecule has 130 valence electrons. The maximum Gasteiger partial charge on any atom is 0.271 e. The number of anilines is 1. The van der Waals surface area contributed by atoms with Crippen molar-refractivity contribution in [2.45, 2.75) is 26.5 Å². The number of nitro groups is 1. The average molecular weight is 361 g/mol. The number of non-ortho nitro benzene ring substituents is 1. The van der Waals surface area contributed by atoms with Gasteiger partial charge in [-0.2, -0.15) is 0 Å². The summed E-state index contributed by atoms with van der Waals surface area (Å²) in [5, 5.41) is 11.7. The van der Waals surface area contributed by atoms with Crippen molar-refractivity contribution in [3.8, 4) is 5.75 Å². The first kappa shape index (κ1) is 17.2. The van der Waals surface area contributed by atoms with Crippen molar-refractivity contribution in [3.05, 3.63) is 63.2 Å². The van der Waals surface area contributed by atoms with E-state index in [9.17, 15) is 14.9 Å². The summed E-state index contributed by atoms with van der Waals surface area (Å²) in [6, 6.07) is 11.4. The van der Waals surface area contributed by atoms with E-state index in [-0.39, 0.29) is 24.1 Å². The summed E-state index contributed by atoms with van der Waals surface area (Å²) in [7, 11) is 0. The topological polar surface area (TPSA) is 72.7 Å². The first-order valence-electron chi connectivity index (χ1n) is 7.87. The zero-order chi connectivity index (χ0) is 18.1. The Labute approximate surface area is 150 Å². The number of nitro benzene ring substituents is 1. The normalized spacial score (nSPS) is 16.6. The summed E-state index contributed by atoms with van der Waals surface area (Å²) in [6.07, 6.45) is -0.624. The lowest BCUT2D eigenvalue weighted by molar-refractivity contribution is -0.384. The number of benzene rings is 2. The molecule has 0 radical (unpaired) electrons. The molecule has 0 saturated carbocycles. The highest BCUT2D eigenvalue weighted by molar-refractivity contribution is 6.30. The third-order valence-electron chi connectivity index (χ3n) is 4.07. The highest BCUT2D eigenvalue weighted by atomic mass is 35.5. The smallest absolute Gasteiger partial charge is 0.271 e. The predicted octanol–water partition coefficient (Wildman–Crippen LogP) is 4.20. The van der Waals surface area contributed by atoms with Crippen molar-refractivity contribution >= 4 is 28.9 Å². The van der Waals surface area contributed by atoms with E-state index in [2.05, 4.69) is 0 Å². The third kappa shape index (κ3) is 3.44. The van der Waals surface area contributed by atoms with Crippen LogP contribution in [0, 0.1) is 16.0 Å². The molecule has 0 spiro atoms. The molecule has 1 aliphatic heterocycles. The highest BCUT2D eigenvalue weighted by Crippen LogP contribution is 2.39. The Morgan fingerprint density at radius 3 is 2.52 bits per heavy atom. The Balaban J connectivity index is 2.04. The van der Waals surface area contributed by atoms with Crippen LogP contribution in [0.25, 0.3) is 0 Å². The average Bonchev–Trinajstić information content (AvgIpc) is 2.58. The summed E-state index contributed by atoms with van der Waals surface area (Å²) in [6.45, 7) is 4.09. The number of ether oxygens (including phenoxy) is 1. The lowest BCUT2D eigenvalue weighted by Crippen LogP contribution is -2.48. The summed E-state index contributed by atoms with van der Waals surface area (Å²) in [5.74, 6) is 0.236. The Bertz CT molecular complexity index is 820. The molecule has 0 bridgehead atoms. The lowest BCUT2D eigenvalue weighted by Gasteiger charge is -2.35. The number of hydrogen-bond donors (Lipinski definition) is 0. The van der Waals surface area contributed by atoms with Gasteiger partial charge in [0.1, 0.15) is 5.75 Å². The van der Waals surface area contributed by atoms with Gasteiger partial charge >= 0.3 is 0 Å². The van der Waals surface area contributed by atoms with Crippen molar-refractivity contribution < 1.29 is 14.5 Å².